The zero-order valence-electron chi connectivity index (χ0n) is 19.9. The first-order valence-corrected chi connectivity index (χ1v) is 12.6. The molecule has 8 heteroatoms. The quantitative estimate of drug-likeness (QED) is 0.490. The number of anilines is 2. The van der Waals surface area contributed by atoms with Gasteiger partial charge in [-0.25, -0.2) is 9.19 Å². The van der Waals surface area contributed by atoms with Crippen LogP contribution in [0.2, 0.25) is 0 Å². The molecule has 178 valence electrons. The molecule has 1 aromatic heterocycles. The van der Waals surface area contributed by atoms with Crippen LogP contribution >= 0.6 is 0 Å². The lowest BCUT2D eigenvalue weighted by Crippen LogP contribution is -2.22. The Morgan fingerprint density at radius 3 is 2.64 bits per heavy atom. The molecule has 0 saturated carbocycles. The number of benzene rings is 2. The van der Waals surface area contributed by atoms with E-state index in [0.717, 1.165) is 55.1 Å². The maximum absolute atomic E-state index is 13.1. The van der Waals surface area contributed by atoms with Crippen molar-refractivity contribution in [3.63, 3.8) is 0 Å². The van der Waals surface area contributed by atoms with Crippen molar-refractivity contribution in [3.05, 3.63) is 48.3 Å². The number of ether oxygens (including phenoxy) is 1. The Morgan fingerprint density at radius 2 is 1.94 bits per heavy atom. The summed E-state index contributed by atoms with van der Waals surface area (Å²) in [6.07, 6.45) is 3.36. The summed E-state index contributed by atoms with van der Waals surface area (Å²) in [7, 11) is 0.442. The summed E-state index contributed by atoms with van der Waals surface area (Å²) in [4.78, 5) is 5.70. The van der Waals surface area contributed by atoms with Crippen molar-refractivity contribution in [2.24, 2.45) is 5.92 Å². The summed E-state index contributed by atoms with van der Waals surface area (Å²) >= 11 is 0. The predicted molar refractivity (Wildman–Crippen MR) is 133 cm³/mol. The molecule has 2 heterocycles. The van der Waals surface area contributed by atoms with Gasteiger partial charge < -0.3 is 9.30 Å². The largest absolute Gasteiger partial charge is 0.381 e. The fraction of sp³-hybridized carbons (Fsp3) is 0.480. The number of aromatic nitrogens is 2. The van der Waals surface area contributed by atoms with E-state index in [4.69, 9.17) is 14.9 Å². The van der Waals surface area contributed by atoms with Gasteiger partial charge in [-0.2, -0.15) is 0 Å². The van der Waals surface area contributed by atoms with Crippen molar-refractivity contribution in [3.8, 4) is 0 Å². The molecule has 0 aliphatic carbocycles. The van der Waals surface area contributed by atoms with Gasteiger partial charge in [0.25, 0.3) is 0 Å². The molecule has 2 aromatic carbocycles. The first kappa shape index (κ1) is 23.7. The van der Waals surface area contributed by atoms with Crippen molar-refractivity contribution >= 4 is 33.4 Å². The molecule has 0 spiro atoms. The molecule has 33 heavy (non-hydrogen) atoms. The van der Waals surface area contributed by atoms with Crippen LogP contribution in [0.1, 0.15) is 45.9 Å². The molecule has 1 saturated heterocycles. The van der Waals surface area contributed by atoms with Crippen LogP contribution in [-0.4, -0.2) is 39.2 Å². The second-order valence-corrected chi connectivity index (χ2v) is 11.3. The van der Waals surface area contributed by atoms with E-state index in [0.29, 0.717) is 16.5 Å². The number of imidazole rings is 1. The molecule has 1 aliphatic heterocycles. The lowest BCUT2D eigenvalue weighted by atomic mass is 9.94. The van der Waals surface area contributed by atoms with Crippen LogP contribution in [0.5, 0.6) is 0 Å². The summed E-state index contributed by atoms with van der Waals surface area (Å²) < 4.78 is 22.9. The van der Waals surface area contributed by atoms with Gasteiger partial charge in [0.15, 0.2) is 11.0 Å². The van der Waals surface area contributed by atoms with Crippen LogP contribution in [-0.2, 0) is 27.7 Å². The smallest absolute Gasteiger partial charge is 0.152 e. The first-order valence-electron chi connectivity index (χ1n) is 11.5. The minimum Gasteiger partial charge on any atom is -0.381 e. The van der Waals surface area contributed by atoms with Crippen molar-refractivity contribution in [2.75, 3.05) is 30.0 Å². The molecule has 7 nitrogen and oxygen atoms in total. The number of hydrogen-bond donors (Lipinski definition) is 2. The minimum atomic E-state index is -1.38. The van der Waals surface area contributed by atoms with Crippen molar-refractivity contribution in [1.29, 1.82) is 0 Å². The fourth-order valence-corrected chi connectivity index (χ4v) is 5.37. The molecule has 1 aliphatic rings. The molecular weight excluding hydrogens is 436 g/mol. The van der Waals surface area contributed by atoms with Crippen molar-refractivity contribution in [2.45, 2.75) is 56.9 Å². The van der Waals surface area contributed by atoms with Gasteiger partial charge in [0, 0.05) is 32.2 Å². The molecule has 2 N–H and O–H groups in total. The Bertz CT molecular complexity index is 1110. The van der Waals surface area contributed by atoms with E-state index < -0.39 is 11.0 Å². The highest BCUT2D eigenvalue weighted by molar-refractivity contribution is 7.86. The number of rotatable bonds is 6. The molecule has 4 rings (SSSR count). The third kappa shape index (κ3) is 5.23. The van der Waals surface area contributed by atoms with Gasteiger partial charge in [0.1, 0.15) is 5.82 Å². The van der Waals surface area contributed by atoms with E-state index in [9.17, 15) is 4.21 Å². The average molecular weight is 471 g/mol. The van der Waals surface area contributed by atoms with Gasteiger partial charge in [0.2, 0.25) is 0 Å². The van der Waals surface area contributed by atoms with Gasteiger partial charge in [0.05, 0.1) is 27.3 Å². The summed E-state index contributed by atoms with van der Waals surface area (Å²) in [5.74, 6) is 1.66. The van der Waals surface area contributed by atoms with Crippen LogP contribution in [0.15, 0.2) is 47.4 Å². The van der Waals surface area contributed by atoms with Crippen molar-refractivity contribution < 1.29 is 14.2 Å². The van der Waals surface area contributed by atoms with Crippen LogP contribution in [0.25, 0.3) is 11.0 Å². The molecule has 0 amide bonds. The lowest BCUT2D eigenvalue weighted by molar-refractivity contribution is 0.140. The summed E-state index contributed by atoms with van der Waals surface area (Å²) in [5.41, 5.74) is 5.45. The van der Waals surface area contributed by atoms with E-state index in [1.807, 2.05) is 19.2 Å². The molecule has 1 fully saturated rings. The van der Waals surface area contributed by atoms with Gasteiger partial charge in [-0.05, 0) is 67.6 Å². The zero-order chi connectivity index (χ0) is 23.6. The topological polar surface area (TPSA) is 79.6 Å². The number of nitrogens with one attached hydrogen (secondary N) is 1. The highest BCUT2D eigenvalue weighted by Crippen LogP contribution is 2.32. The summed E-state index contributed by atoms with van der Waals surface area (Å²) in [5, 5.41) is 9.00. The van der Waals surface area contributed by atoms with Crippen LogP contribution in [0.3, 0.4) is 0 Å². The molecule has 0 bridgehead atoms. The monoisotopic (exact) mass is 470 g/mol. The third-order valence-corrected chi connectivity index (χ3v) is 7.60. The van der Waals surface area contributed by atoms with E-state index in [-0.39, 0.29) is 5.41 Å². The van der Waals surface area contributed by atoms with E-state index in [1.165, 1.54) is 6.42 Å². The highest BCUT2D eigenvalue weighted by Gasteiger charge is 2.25. The maximum atomic E-state index is 13.1. The van der Waals surface area contributed by atoms with Gasteiger partial charge in [-0.1, -0.05) is 20.8 Å². The molecule has 2 unspecified atom stereocenters. The van der Waals surface area contributed by atoms with Crippen LogP contribution in [0.4, 0.5) is 11.4 Å². The molecular formula is C25H34N4O3S. The zero-order valence-corrected chi connectivity index (χ0v) is 20.7. The van der Waals surface area contributed by atoms with Gasteiger partial charge >= 0.3 is 0 Å². The van der Waals surface area contributed by atoms with E-state index in [1.54, 1.807) is 28.6 Å². The average Bonchev–Trinajstić information content (AvgIpc) is 2.98. The first-order chi connectivity index (χ1) is 15.8. The highest BCUT2D eigenvalue weighted by atomic mass is 32.2. The van der Waals surface area contributed by atoms with Crippen LogP contribution < -0.4 is 9.79 Å². The Morgan fingerprint density at radius 1 is 1.18 bits per heavy atom. The van der Waals surface area contributed by atoms with Gasteiger partial charge in [-0.15, -0.1) is 0 Å². The Hall–Kier alpha value is -2.42. The number of fused-ring (bicyclic) bond motifs is 1. The summed E-state index contributed by atoms with van der Waals surface area (Å²) in [6.45, 7) is 9.24. The predicted octanol–water partition coefficient (Wildman–Crippen LogP) is 5.11. The SMILES string of the molecule is CN(c1ccc2c(c1)nc(C(C)(C)C)n2CC1CCCOCC1)S(=O)c1ccc(NO)cc1. The third-order valence-electron chi connectivity index (χ3n) is 6.21. The Balaban J connectivity index is 1.65. The maximum Gasteiger partial charge on any atom is 0.152 e. The number of hydrogen-bond acceptors (Lipinski definition) is 5. The molecule has 2 atom stereocenters. The van der Waals surface area contributed by atoms with Crippen molar-refractivity contribution in [1.82, 2.24) is 9.55 Å². The van der Waals surface area contributed by atoms with E-state index in [2.05, 4.69) is 36.9 Å². The fourth-order valence-electron chi connectivity index (χ4n) is 4.38. The standard InChI is InChI=1S/C25H34N4O3S/c1-25(2,3)24-26-22-16-20(28(4)33(31)21-10-7-19(27-30)8-11-21)9-12-23(22)29(24)17-18-6-5-14-32-15-13-18/h7-12,16,18,27,30H,5-6,13-15,17H2,1-4H3. The van der Waals surface area contributed by atoms with Crippen LogP contribution in [0, 0.1) is 5.92 Å². The second kappa shape index (κ2) is 9.83. The van der Waals surface area contributed by atoms with Gasteiger partial charge in [-0.3, -0.25) is 15.0 Å². The Labute approximate surface area is 198 Å². The molecule has 0 radical (unpaired) electrons. The normalized spacial score (nSPS) is 18.2. The van der Waals surface area contributed by atoms with E-state index >= 15 is 0 Å². The number of nitrogens with zero attached hydrogens (tertiary/aromatic N) is 3. The second-order valence-electron chi connectivity index (χ2n) is 9.76. The minimum absolute atomic E-state index is 0.0857. The Kier molecular flexibility index (Phi) is 7.07. The molecule has 3 aromatic rings. The summed E-state index contributed by atoms with van der Waals surface area (Å²) in [6, 6.07) is 13.0. The lowest BCUT2D eigenvalue weighted by Gasteiger charge is -2.23.